The minimum atomic E-state index is 0.0908. The number of nitrogens with one attached hydrogen (secondary N) is 1. The summed E-state index contributed by atoms with van der Waals surface area (Å²) in [6, 6.07) is 0.624. The SMILES string of the molecule is CCCCOCCCNC1CCOC(C)(CC)C1. The van der Waals surface area contributed by atoms with Gasteiger partial charge in [-0.05, 0) is 45.6 Å². The van der Waals surface area contributed by atoms with E-state index in [0.717, 1.165) is 52.0 Å². The molecule has 0 saturated carbocycles. The van der Waals surface area contributed by atoms with Crippen molar-refractivity contribution in [2.24, 2.45) is 0 Å². The predicted molar refractivity (Wildman–Crippen MR) is 76.0 cm³/mol. The van der Waals surface area contributed by atoms with E-state index in [2.05, 4.69) is 26.1 Å². The summed E-state index contributed by atoms with van der Waals surface area (Å²) in [4.78, 5) is 0. The quantitative estimate of drug-likeness (QED) is 0.644. The van der Waals surface area contributed by atoms with Crippen LogP contribution in [0.5, 0.6) is 0 Å². The third kappa shape index (κ3) is 6.17. The number of ether oxygens (including phenoxy) is 2. The molecule has 1 saturated heterocycles. The average molecular weight is 257 g/mol. The van der Waals surface area contributed by atoms with E-state index < -0.39 is 0 Å². The topological polar surface area (TPSA) is 30.5 Å². The minimum Gasteiger partial charge on any atom is -0.381 e. The fourth-order valence-electron chi connectivity index (χ4n) is 2.38. The number of rotatable bonds is 9. The summed E-state index contributed by atoms with van der Waals surface area (Å²) >= 11 is 0. The molecule has 2 atom stereocenters. The standard InChI is InChI=1S/C15H31NO2/c1-4-6-10-17-11-7-9-16-14-8-12-18-15(3,5-2)13-14/h14,16H,4-13H2,1-3H3. The van der Waals surface area contributed by atoms with Gasteiger partial charge < -0.3 is 14.8 Å². The number of hydrogen-bond acceptors (Lipinski definition) is 3. The summed E-state index contributed by atoms with van der Waals surface area (Å²) in [6.07, 6.45) is 6.90. The molecule has 0 aromatic rings. The lowest BCUT2D eigenvalue weighted by atomic mass is 9.90. The van der Waals surface area contributed by atoms with Crippen LogP contribution in [0.2, 0.25) is 0 Å². The molecule has 18 heavy (non-hydrogen) atoms. The van der Waals surface area contributed by atoms with Crippen molar-refractivity contribution in [1.29, 1.82) is 0 Å². The lowest BCUT2D eigenvalue weighted by Crippen LogP contribution is -2.45. The molecule has 0 aromatic carbocycles. The van der Waals surface area contributed by atoms with Crippen LogP contribution in [0.4, 0.5) is 0 Å². The second kappa shape index (κ2) is 8.89. The van der Waals surface area contributed by atoms with Crippen LogP contribution in [0, 0.1) is 0 Å². The van der Waals surface area contributed by atoms with Crippen molar-refractivity contribution in [2.45, 2.75) is 70.9 Å². The second-order valence-corrected chi connectivity index (χ2v) is 5.62. The molecule has 0 bridgehead atoms. The Labute approximate surface area is 113 Å². The lowest BCUT2D eigenvalue weighted by molar-refractivity contribution is -0.0779. The third-order valence-corrected chi connectivity index (χ3v) is 3.88. The van der Waals surface area contributed by atoms with Gasteiger partial charge in [0.25, 0.3) is 0 Å². The van der Waals surface area contributed by atoms with Crippen LogP contribution in [-0.4, -0.2) is 38.0 Å². The highest BCUT2D eigenvalue weighted by atomic mass is 16.5. The summed E-state index contributed by atoms with van der Waals surface area (Å²) in [5.41, 5.74) is 0.0908. The second-order valence-electron chi connectivity index (χ2n) is 5.62. The van der Waals surface area contributed by atoms with Crippen molar-refractivity contribution in [3.63, 3.8) is 0 Å². The Bertz CT molecular complexity index is 211. The Morgan fingerprint density at radius 3 is 2.78 bits per heavy atom. The molecule has 2 unspecified atom stereocenters. The normalized spacial score (nSPS) is 28.5. The fraction of sp³-hybridized carbons (Fsp3) is 1.00. The van der Waals surface area contributed by atoms with Gasteiger partial charge in [0.1, 0.15) is 0 Å². The van der Waals surface area contributed by atoms with E-state index in [0.29, 0.717) is 6.04 Å². The fourth-order valence-corrected chi connectivity index (χ4v) is 2.38. The largest absolute Gasteiger partial charge is 0.381 e. The Balaban J connectivity index is 2.01. The molecule has 1 heterocycles. The van der Waals surface area contributed by atoms with Crippen molar-refractivity contribution < 1.29 is 9.47 Å². The van der Waals surface area contributed by atoms with Crippen LogP contribution in [0.1, 0.15) is 59.3 Å². The molecule has 3 heteroatoms. The maximum atomic E-state index is 5.85. The van der Waals surface area contributed by atoms with E-state index in [-0.39, 0.29) is 5.60 Å². The Hall–Kier alpha value is -0.120. The maximum absolute atomic E-state index is 5.85. The molecule has 1 aliphatic rings. The summed E-state index contributed by atoms with van der Waals surface area (Å²) < 4.78 is 11.4. The molecule has 1 rings (SSSR count). The molecule has 1 fully saturated rings. The van der Waals surface area contributed by atoms with Crippen molar-refractivity contribution in [1.82, 2.24) is 5.32 Å². The van der Waals surface area contributed by atoms with Crippen molar-refractivity contribution >= 4 is 0 Å². The highest BCUT2D eigenvalue weighted by Crippen LogP contribution is 2.27. The zero-order valence-electron chi connectivity index (χ0n) is 12.5. The van der Waals surface area contributed by atoms with E-state index in [1.807, 2.05) is 0 Å². The molecule has 1 N–H and O–H groups in total. The van der Waals surface area contributed by atoms with E-state index in [1.54, 1.807) is 0 Å². The highest BCUT2D eigenvalue weighted by molar-refractivity contribution is 4.85. The Morgan fingerprint density at radius 1 is 1.28 bits per heavy atom. The maximum Gasteiger partial charge on any atom is 0.0666 e. The molecule has 0 spiro atoms. The molecule has 0 aliphatic carbocycles. The van der Waals surface area contributed by atoms with Gasteiger partial charge in [0.15, 0.2) is 0 Å². The molecule has 3 nitrogen and oxygen atoms in total. The van der Waals surface area contributed by atoms with Crippen molar-refractivity contribution in [3.8, 4) is 0 Å². The zero-order valence-corrected chi connectivity index (χ0v) is 12.5. The van der Waals surface area contributed by atoms with Crippen LogP contribution in [0.15, 0.2) is 0 Å². The van der Waals surface area contributed by atoms with Gasteiger partial charge in [-0.15, -0.1) is 0 Å². The first-order chi connectivity index (χ1) is 8.70. The summed E-state index contributed by atoms with van der Waals surface area (Å²) in [7, 11) is 0. The first kappa shape index (κ1) is 15.9. The smallest absolute Gasteiger partial charge is 0.0666 e. The summed E-state index contributed by atoms with van der Waals surface area (Å²) in [5.74, 6) is 0. The molecular formula is C15H31NO2. The number of unbranched alkanes of at least 4 members (excludes halogenated alkanes) is 1. The van der Waals surface area contributed by atoms with Gasteiger partial charge >= 0.3 is 0 Å². The Morgan fingerprint density at radius 2 is 2.06 bits per heavy atom. The summed E-state index contributed by atoms with van der Waals surface area (Å²) in [5, 5.41) is 3.64. The van der Waals surface area contributed by atoms with Gasteiger partial charge in [-0.25, -0.2) is 0 Å². The number of hydrogen-bond donors (Lipinski definition) is 1. The van der Waals surface area contributed by atoms with Gasteiger partial charge in [0.2, 0.25) is 0 Å². The van der Waals surface area contributed by atoms with Gasteiger partial charge in [-0.2, -0.15) is 0 Å². The lowest BCUT2D eigenvalue weighted by Gasteiger charge is -2.38. The minimum absolute atomic E-state index is 0.0908. The molecule has 0 radical (unpaired) electrons. The molecule has 1 aliphatic heterocycles. The first-order valence-electron chi connectivity index (χ1n) is 7.65. The van der Waals surface area contributed by atoms with Crippen LogP contribution < -0.4 is 5.32 Å². The first-order valence-corrected chi connectivity index (χ1v) is 7.65. The van der Waals surface area contributed by atoms with Crippen molar-refractivity contribution in [2.75, 3.05) is 26.4 Å². The van der Waals surface area contributed by atoms with Gasteiger partial charge in [0, 0.05) is 25.9 Å². The van der Waals surface area contributed by atoms with E-state index in [4.69, 9.17) is 9.47 Å². The van der Waals surface area contributed by atoms with E-state index in [1.165, 1.54) is 12.8 Å². The van der Waals surface area contributed by atoms with Crippen LogP contribution in [0.3, 0.4) is 0 Å². The average Bonchev–Trinajstić information content (AvgIpc) is 2.38. The van der Waals surface area contributed by atoms with Crippen molar-refractivity contribution in [3.05, 3.63) is 0 Å². The molecule has 108 valence electrons. The zero-order chi connectivity index (χ0) is 13.3. The van der Waals surface area contributed by atoms with E-state index >= 15 is 0 Å². The van der Waals surface area contributed by atoms with E-state index in [9.17, 15) is 0 Å². The third-order valence-electron chi connectivity index (χ3n) is 3.88. The predicted octanol–water partition coefficient (Wildman–Crippen LogP) is 3.13. The van der Waals surface area contributed by atoms with Crippen LogP contribution in [-0.2, 0) is 9.47 Å². The highest BCUT2D eigenvalue weighted by Gasteiger charge is 2.30. The molecular weight excluding hydrogens is 226 g/mol. The molecule has 0 aromatic heterocycles. The monoisotopic (exact) mass is 257 g/mol. The van der Waals surface area contributed by atoms with Crippen LogP contribution in [0.25, 0.3) is 0 Å². The van der Waals surface area contributed by atoms with Gasteiger partial charge in [-0.1, -0.05) is 20.3 Å². The van der Waals surface area contributed by atoms with Gasteiger partial charge in [0.05, 0.1) is 5.60 Å². The molecule has 0 amide bonds. The Kier molecular flexibility index (Phi) is 7.87. The van der Waals surface area contributed by atoms with Crippen LogP contribution >= 0.6 is 0 Å². The van der Waals surface area contributed by atoms with Gasteiger partial charge in [-0.3, -0.25) is 0 Å². The summed E-state index contributed by atoms with van der Waals surface area (Å²) in [6.45, 7) is 10.4.